The van der Waals surface area contributed by atoms with Gasteiger partial charge in [-0.05, 0) is 30.5 Å². The van der Waals surface area contributed by atoms with Crippen molar-refractivity contribution >= 4 is 17.5 Å². The van der Waals surface area contributed by atoms with Crippen LogP contribution in [-0.2, 0) is 15.0 Å². The number of nitrogens with one attached hydrogen (secondary N) is 1. The summed E-state index contributed by atoms with van der Waals surface area (Å²) < 4.78 is 37.2. The summed E-state index contributed by atoms with van der Waals surface area (Å²) in [5.74, 6) is -0.806. The molecule has 1 aliphatic heterocycles. The number of hydrogen-bond donors (Lipinski definition) is 2. The molecule has 0 saturated carbocycles. The van der Waals surface area contributed by atoms with E-state index in [-0.39, 0.29) is 12.3 Å². The lowest BCUT2D eigenvalue weighted by atomic mass is 9.72. The number of alkyl halides is 3. The molecule has 1 fully saturated rings. The van der Waals surface area contributed by atoms with E-state index in [0.717, 1.165) is 12.1 Å². The maximum Gasteiger partial charge on any atom is 0.508 e. The topological polar surface area (TPSA) is 69.6 Å². The monoisotopic (exact) mass is 316 g/mol. The van der Waals surface area contributed by atoms with Gasteiger partial charge in [0.2, 0.25) is 11.8 Å². The molecule has 1 unspecified atom stereocenters. The van der Waals surface area contributed by atoms with Gasteiger partial charge in [0.25, 0.3) is 0 Å². The van der Waals surface area contributed by atoms with Gasteiger partial charge in [-0.1, -0.05) is 19.1 Å². The first-order valence-electron chi connectivity index (χ1n) is 6.71. The predicted octanol–water partition coefficient (Wildman–Crippen LogP) is 2.49. The van der Waals surface area contributed by atoms with Crippen molar-refractivity contribution in [3.8, 4) is 0 Å². The molecule has 2 N–H and O–H groups in total. The summed E-state index contributed by atoms with van der Waals surface area (Å²) >= 11 is 0. The predicted molar refractivity (Wildman–Crippen MR) is 71.1 cm³/mol. The van der Waals surface area contributed by atoms with Crippen molar-refractivity contribution in [3.05, 3.63) is 29.8 Å². The highest BCUT2D eigenvalue weighted by Gasteiger charge is 2.43. The molecule has 1 heterocycles. The van der Waals surface area contributed by atoms with E-state index in [1.165, 1.54) is 12.1 Å². The molecule has 0 bridgehead atoms. The molecule has 1 saturated heterocycles. The van der Waals surface area contributed by atoms with Crippen LogP contribution in [0.15, 0.2) is 24.3 Å². The molecule has 0 radical (unpaired) electrons. The largest absolute Gasteiger partial charge is 0.508 e. The number of carbonyl (C=O) groups is 2. The first-order chi connectivity index (χ1) is 10.2. The molecule has 1 atom stereocenters. The molecule has 2 amide bonds. The maximum atomic E-state index is 12.4. The van der Waals surface area contributed by atoms with Crippen molar-refractivity contribution in [3.63, 3.8) is 0 Å². The Balaban J connectivity index is 2.32. The summed E-state index contributed by atoms with van der Waals surface area (Å²) in [5.41, 5.74) is -0.876. The number of imide groups is 1. The fourth-order valence-corrected chi connectivity index (χ4v) is 2.63. The summed E-state index contributed by atoms with van der Waals surface area (Å²) in [6, 6.07) is 4.90. The molecule has 0 aliphatic carbocycles. The number of amides is 2. The molecular weight excluding hydrogens is 301 g/mol. The van der Waals surface area contributed by atoms with Crippen LogP contribution < -0.4 is 10.4 Å². The average Bonchev–Trinajstić information content (AvgIpc) is 2.46. The Kier molecular flexibility index (Phi) is 4.15. The van der Waals surface area contributed by atoms with Crippen molar-refractivity contribution in [2.24, 2.45) is 0 Å². The average molecular weight is 316 g/mol. The molecule has 8 heteroatoms. The van der Waals surface area contributed by atoms with Gasteiger partial charge in [-0.3, -0.25) is 20.1 Å². The van der Waals surface area contributed by atoms with Crippen LogP contribution in [0.25, 0.3) is 0 Å². The molecule has 0 aromatic heterocycles. The lowest BCUT2D eigenvalue weighted by Gasteiger charge is -2.35. The second-order valence-corrected chi connectivity index (χ2v) is 5.14. The first kappa shape index (κ1) is 16.3. The van der Waals surface area contributed by atoms with E-state index in [1.54, 1.807) is 6.92 Å². The summed E-state index contributed by atoms with van der Waals surface area (Å²) in [6.45, 7) is 1.78. The molecule has 0 spiro atoms. The number of hydroxylamine groups is 1. The van der Waals surface area contributed by atoms with Crippen molar-refractivity contribution in [2.45, 2.75) is 37.9 Å². The highest BCUT2D eigenvalue weighted by atomic mass is 19.4. The van der Waals surface area contributed by atoms with Gasteiger partial charge in [-0.15, -0.1) is 13.2 Å². The molecular formula is C14H15F3N2O3. The van der Waals surface area contributed by atoms with E-state index >= 15 is 0 Å². The van der Waals surface area contributed by atoms with E-state index in [1.807, 2.05) is 0 Å². The minimum Gasteiger partial charge on any atom is -0.296 e. The van der Waals surface area contributed by atoms with Gasteiger partial charge in [0.15, 0.2) is 0 Å². The van der Waals surface area contributed by atoms with E-state index in [4.69, 9.17) is 5.21 Å². The van der Waals surface area contributed by atoms with Gasteiger partial charge < -0.3 is 0 Å². The van der Waals surface area contributed by atoms with E-state index in [0.29, 0.717) is 18.4 Å². The number of piperidine rings is 1. The van der Waals surface area contributed by atoms with E-state index < -0.39 is 28.4 Å². The fourth-order valence-electron chi connectivity index (χ4n) is 2.63. The Morgan fingerprint density at radius 2 is 1.86 bits per heavy atom. The van der Waals surface area contributed by atoms with Gasteiger partial charge >= 0.3 is 6.30 Å². The third kappa shape index (κ3) is 2.78. The Hall–Kier alpha value is -2.09. The van der Waals surface area contributed by atoms with Crippen molar-refractivity contribution in [1.29, 1.82) is 0 Å². The van der Waals surface area contributed by atoms with Gasteiger partial charge in [0, 0.05) is 6.42 Å². The standard InChI is InChI=1S/C14H15F3N2O3/c1-2-13(8-7-11(20)18-12(13)21)9-3-5-10(6-4-9)19(22)14(15,16)17/h3-6,22H,2,7-8H2,1H3,(H,18,20,21). The lowest BCUT2D eigenvalue weighted by Crippen LogP contribution is -2.51. The van der Waals surface area contributed by atoms with Gasteiger partial charge in [-0.25, -0.2) is 0 Å². The third-order valence-corrected chi connectivity index (χ3v) is 3.97. The van der Waals surface area contributed by atoms with Gasteiger partial charge in [0.05, 0.1) is 11.1 Å². The zero-order chi connectivity index (χ0) is 16.5. The van der Waals surface area contributed by atoms with Crippen molar-refractivity contribution in [2.75, 3.05) is 5.06 Å². The molecule has 1 aromatic rings. The van der Waals surface area contributed by atoms with Crippen LogP contribution in [0.5, 0.6) is 0 Å². The number of nitrogens with zero attached hydrogens (tertiary/aromatic N) is 1. The number of benzene rings is 1. The Morgan fingerprint density at radius 3 is 2.32 bits per heavy atom. The number of halogens is 3. The van der Waals surface area contributed by atoms with Crippen LogP contribution in [0.2, 0.25) is 0 Å². The molecule has 1 aliphatic rings. The Bertz CT molecular complexity index is 586. The van der Waals surface area contributed by atoms with E-state index in [9.17, 15) is 22.8 Å². The molecule has 2 rings (SSSR count). The molecule has 5 nitrogen and oxygen atoms in total. The first-order valence-corrected chi connectivity index (χ1v) is 6.71. The normalized spacial score (nSPS) is 22.4. The summed E-state index contributed by atoms with van der Waals surface area (Å²) in [5, 5.41) is 10.5. The number of carbonyl (C=O) groups excluding carboxylic acids is 2. The summed E-state index contributed by atoms with van der Waals surface area (Å²) in [4.78, 5) is 23.4. The summed E-state index contributed by atoms with van der Waals surface area (Å²) in [6.07, 6.45) is -4.02. The quantitative estimate of drug-likeness (QED) is 0.511. The van der Waals surface area contributed by atoms with Crippen LogP contribution in [0.4, 0.5) is 18.9 Å². The SMILES string of the molecule is CCC1(c2ccc(N(O)C(F)(F)F)cc2)CCC(=O)NC1=O. The van der Waals surface area contributed by atoms with Gasteiger partial charge in [-0.2, -0.15) is 5.06 Å². The van der Waals surface area contributed by atoms with Crippen molar-refractivity contribution in [1.82, 2.24) is 5.32 Å². The minimum absolute atomic E-state index is 0.177. The molecule has 1 aromatic carbocycles. The second kappa shape index (κ2) is 5.60. The number of rotatable bonds is 3. The Morgan fingerprint density at radius 1 is 1.27 bits per heavy atom. The molecule has 120 valence electrons. The zero-order valence-corrected chi connectivity index (χ0v) is 11.8. The highest BCUT2D eigenvalue weighted by molar-refractivity contribution is 6.03. The lowest BCUT2D eigenvalue weighted by molar-refractivity contribution is -0.176. The number of hydrogen-bond acceptors (Lipinski definition) is 4. The van der Waals surface area contributed by atoms with Crippen molar-refractivity contribution < 1.29 is 28.0 Å². The molecule has 22 heavy (non-hydrogen) atoms. The van der Waals surface area contributed by atoms with Crippen LogP contribution in [0.3, 0.4) is 0 Å². The Labute approximate surface area is 124 Å². The van der Waals surface area contributed by atoms with Crippen LogP contribution in [0, 0.1) is 0 Å². The second-order valence-electron chi connectivity index (χ2n) is 5.14. The fraction of sp³-hybridized carbons (Fsp3) is 0.429. The van der Waals surface area contributed by atoms with Gasteiger partial charge in [0.1, 0.15) is 0 Å². The van der Waals surface area contributed by atoms with E-state index in [2.05, 4.69) is 5.32 Å². The minimum atomic E-state index is -4.90. The number of anilines is 1. The van der Waals surface area contributed by atoms with Crippen LogP contribution >= 0.6 is 0 Å². The maximum absolute atomic E-state index is 12.4. The zero-order valence-electron chi connectivity index (χ0n) is 11.8. The third-order valence-electron chi connectivity index (χ3n) is 3.97. The van der Waals surface area contributed by atoms with Crippen LogP contribution in [0.1, 0.15) is 31.7 Å². The smallest absolute Gasteiger partial charge is 0.296 e. The summed E-state index contributed by atoms with van der Waals surface area (Å²) in [7, 11) is 0. The van der Waals surface area contributed by atoms with Crippen LogP contribution in [-0.4, -0.2) is 23.3 Å². The highest BCUT2D eigenvalue weighted by Crippen LogP contribution is 2.37.